The van der Waals surface area contributed by atoms with Crippen LogP contribution in [0.2, 0.25) is 0 Å². The van der Waals surface area contributed by atoms with Crippen LogP contribution in [-0.4, -0.2) is 46.1 Å². The van der Waals surface area contributed by atoms with E-state index in [0.717, 1.165) is 0 Å². The molecule has 0 spiro atoms. The Balaban J connectivity index is -0.000000270. The molecule has 4 nitrogen and oxygen atoms in total. The Labute approximate surface area is 92.8 Å². The Hall–Kier alpha value is -0.390. The first-order valence-corrected chi connectivity index (χ1v) is 2.59. The molecule has 0 aliphatic carbocycles. The van der Waals surface area contributed by atoms with Gasteiger partial charge in [-0.3, -0.25) is 0 Å². The summed E-state index contributed by atoms with van der Waals surface area (Å²) in [5.41, 5.74) is 0.331. The van der Waals surface area contributed by atoms with Gasteiger partial charge in [0.15, 0.2) is 0 Å². The first-order chi connectivity index (χ1) is 4.30. The number of hydrogen-bond acceptors (Lipinski definition) is 2. The molecule has 0 aliphatic heterocycles. The normalized spacial score (nSPS) is 6.67. The van der Waals surface area contributed by atoms with Gasteiger partial charge in [0, 0.05) is 0 Å². The van der Waals surface area contributed by atoms with Gasteiger partial charge in [-0.2, -0.15) is 0 Å². The Morgan fingerprint density at radius 1 is 1.17 bits per heavy atom. The van der Waals surface area contributed by atoms with Crippen LogP contribution in [0.1, 0.15) is 10.4 Å². The quantitative estimate of drug-likeness (QED) is 0.599. The van der Waals surface area contributed by atoms with Crippen molar-refractivity contribution in [2.45, 2.75) is 0 Å². The maximum absolute atomic E-state index is 10.2. The van der Waals surface area contributed by atoms with Crippen LogP contribution in [0.25, 0.3) is 0 Å². The average Bonchev–Trinajstić information content (AvgIpc) is 1.90. The van der Waals surface area contributed by atoms with Crippen molar-refractivity contribution in [1.29, 1.82) is 0 Å². The van der Waals surface area contributed by atoms with E-state index >= 15 is 0 Å². The van der Waals surface area contributed by atoms with Crippen molar-refractivity contribution < 1.29 is 15.4 Å². The van der Waals surface area contributed by atoms with E-state index in [2.05, 4.69) is 0 Å². The Morgan fingerprint density at radius 2 is 1.58 bits per heavy atom. The molecule has 1 rings (SSSR count). The van der Waals surface area contributed by atoms with E-state index in [9.17, 15) is 4.79 Å². The second-order valence-electron chi connectivity index (χ2n) is 1.67. The van der Waals surface area contributed by atoms with Crippen LogP contribution in [0.4, 0.5) is 0 Å². The van der Waals surface area contributed by atoms with Crippen molar-refractivity contribution in [2.75, 3.05) is 0 Å². The van der Waals surface area contributed by atoms with E-state index in [1.807, 2.05) is 0 Å². The number of carbonyl (C=O) groups is 1. The van der Waals surface area contributed by atoms with Gasteiger partial charge < -0.3 is 16.7 Å². The fraction of sp³-hybridized carbons (Fsp3) is 0. The van der Waals surface area contributed by atoms with Crippen molar-refractivity contribution in [3.05, 3.63) is 35.9 Å². The van der Waals surface area contributed by atoms with Crippen molar-refractivity contribution in [3.63, 3.8) is 0 Å². The summed E-state index contributed by atoms with van der Waals surface area (Å²) in [4.78, 5) is 10.2. The van der Waals surface area contributed by atoms with Crippen molar-refractivity contribution in [1.82, 2.24) is 6.15 Å². The fourth-order valence-electron chi connectivity index (χ4n) is 0.581. The molecular weight excluding hydrogens is 169 g/mol. The van der Waals surface area contributed by atoms with Crippen molar-refractivity contribution in [3.8, 4) is 0 Å². The van der Waals surface area contributed by atoms with Gasteiger partial charge in [0.25, 0.3) is 0 Å². The van der Waals surface area contributed by atoms with Gasteiger partial charge in [-0.15, -0.1) is 0 Å². The topological polar surface area (TPSA) is 104 Å². The summed E-state index contributed by atoms with van der Waals surface area (Å²) in [6, 6.07) is 8.30. The van der Waals surface area contributed by atoms with Crippen molar-refractivity contribution in [2.24, 2.45) is 0 Å². The molecule has 1 aromatic rings. The second-order valence-corrected chi connectivity index (χ2v) is 1.67. The molecule has 0 aliphatic rings. The first kappa shape index (κ1) is 17.6. The summed E-state index contributed by atoms with van der Waals surface area (Å²) in [6.07, 6.45) is 0. The van der Waals surface area contributed by atoms with Gasteiger partial charge >= 0.3 is 35.5 Å². The second kappa shape index (κ2) is 8.70. The molecular formula is C7H12NNaO3. The van der Waals surface area contributed by atoms with Gasteiger partial charge in [-0.05, 0) is 12.1 Å². The minimum atomic E-state index is -0.879. The summed E-state index contributed by atoms with van der Waals surface area (Å²) in [6.45, 7) is 0. The number of aromatic carboxylic acids is 1. The molecule has 64 valence electrons. The molecule has 6 N–H and O–H groups in total. The summed E-state index contributed by atoms with van der Waals surface area (Å²) in [7, 11) is 0. The third-order valence-electron chi connectivity index (χ3n) is 1.02. The van der Waals surface area contributed by atoms with E-state index in [0.29, 0.717) is 5.56 Å². The average molecular weight is 181 g/mol. The van der Waals surface area contributed by atoms with Crippen LogP contribution >= 0.6 is 0 Å². The van der Waals surface area contributed by atoms with Crippen LogP contribution in [0, 0.1) is 0 Å². The summed E-state index contributed by atoms with van der Waals surface area (Å²) in [5.74, 6) is -0.879. The third-order valence-corrected chi connectivity index (χ3v) is 1.02. The molecule has 0 unspecified atom stereocenters. The number of carboxylic acid groups (broad SMARTS) is 1. The standard InChI is InChI=1S/C7H6O2.H3N.Na.H2O.H/c8-7(9)6-4-2-1-3-5-6;;;;/h1-5H,(H,8,9);1H3;;1H2;. The summed E-state index contributed by atoms with van der Waals surface area (Å²) >= 11 is 0. The fourth-order valence-corrected chi connectivity index (χ4v) is 0.581. The van der Waals surface area contributed by atoms with E-state index in [4.69, 9.17) is 5.11 Å². The maximum atomic E-state index is 10.2. The number of benzene rings is 1. The van der Waals surface area contributed by atoms with Crippen LogP contribution < -0.4 is 6.15 Å². The zero-order valence-corrected chi connectivity index (χ0v) is 5.95. The predicted molar refractivity (Wildman–Crippen MR) is 49.2 cm³/mol. The number of carboxylic acids is 1. The molecule has 0 bridgehead atoms. The summed E-state index contributed by atoms with van der Waals surface area (Å²) < 4.78 is 0. The number of rotatable bonds is 1. The zero-order chi connectivity index (χ0) is 6.69. The molecule has 12 heavy (non-hydrogen) atoms. The number of hydrogen-bond donors (Lipinski definition) is 2. The Morgan fingerprint density at radius 3 is 1.83 bits per heavy atom. The SMILES string of the molecule is N.O.O=C(O)c1ccccc1.[NaH]. The van der Waals surface area contributed by atoms with Gasteiger partial charge in [0.2, 0.25) is 0 Å². The van der Waals surface area contributed by atoms with Crippen molar-refractivity contribution >= 4 is 35.5 Å². The van der Waals surface area contributed by atoms with Crippen LogP contribution in [-0.2, 0) is 0 Å². The van der Waals surface area contributed by atoms with Crippen LogP contribution in [0.3, 0.4) is 0 Å². The monoisotopic (exact) mass is 181 g/mol. The van der Waals surface area contributed by atoms with E-state index < -0.39 is 5.97 Å². The summed E-state index contributed by atoms with van der Waals surface area (Å²) in [5, 5.41) is 8.38. The molecule has 0 saturated heterocycles. The molecule has 1 aromatic carbocycles. The molecule has 0 radical (unpaired) electrons. The van der Waals surface area contributed by atoms with E-state index in [1.54, 1.807) is 30.3 Å². The molecule has 0 aromatic heterocycles. The first-order valence-electron chi connectivity index (χ1n) is 2.59. The Bertz CT molecular complexity index is 215. The molecule has 0 amide bonds. The van der Waals surface area contributed by atoms with Gasteiger partial charge in [0.05, 0.1) is 5.56 Å². The predicted octanol–water partition coefficient (Wildman–Crippen LogP) is 0.0736. The van der Waals surface area contributed by atoms with E-state index in [1.165, 1.54) is 0 Å². The zero-order valence-electron chi connectivity index (χ0n) is 5.95. The van der Waals surface area contributed by atoms with Gasteiger partial charge in [-0.25, -0.2) is 4.79 Å². The van der Waals surface area contributed by atoms with Crippen LogP contribution in [0.15, 0.2) is 30.3 Å². The van der Waals surface area contributed by atoms with Crippen LogP contribution in [0.5, 0.6) is 0 Å². The van der Waals surface area contributed by atoms with Gasteiger partial charge in [-0.1, -0.05) is 18.2 Å². The molecule has 0 atom stereocenters. The van der Waals surface area contributed by atoms with E-state index in [-0.39, 0.29) is 41.2 Å². The molecule has 0 fully saturated rings. The molecule has 0 heterocycles. The third kappa shape index (κ3) is 5.29. The molecule has 0 saturated carbocycles. The Kier molecular flexibility index (Phi) is 12.8. The minimum absolute atomic E-state index is 0. The van der Waals surface area contributed by atoms with Gasteiger partial charge in [0.1, 0.15) is 0 Å². The molecule has 5 heteroatoms.